The number of rotatable bonds is 3. The van der Waals surface area contributed by atoms with Crippen LogP contribution >= 0.6 is 0 Å². The predicted molar refractivity (Wildman–Crippen MR) is 59.3 cm³/mol. The Kier molecular flexibility index (Phi) is 2.88. The Bertz CT molecular complexity index is 192. The van der Waals surface area contributed by atoms with Crippen LogP contribution in [-0.4, -0.2) is 12.2 Å². The maximum Gasteiger partial charge on any atom is 0.0844 e. The first-order chi connectivity index (χ1) is 6.54. The Labute approximate surface area is 88.2 Å². The van der Waals surface area contributed by atoms with Crippen molar-refractivity contribution < 1.29 is 4.74 Å². The predicted octanol–water partition coefficient (Wildman–Crippen LogP) is 3.77. The highest BCUT2D eigenvalue weighted by molar-refractivity contribution is 4.91. The van der Waals surface area contributed by atoms with E-state index in [-0.39, 0.29) is 0 Å². The van der Waals surface area contributed by atoms with E-state index in [0.717, 1.165) is 5.92 Å². The third-order valence-electron chi connectivity index (χ3n) is 3.65. The molecular formula is C13H24O. The summed E-state index contributed by atoms with van der Waals surface area (Å²) < 4.78 is 5.56. The molecular weight excluding hydrogens is 172 g/mol. The second kappa shape index (κ2) is 3.84. The lowest BCUT2D eigenvalue weighted by molar-refractivity contribution is 0.306. The molecule has 0 aromatic carbocycles. The van der Waals surface area contributed by atoms with Gasteiger partial charge in [-0.2, -0.15) is 0 Å². The molecule has 0 aromatic rings. The lowest BCUT2D eigenvalue weighted by atomic mass is 9.83. The normalized spacial score (nSPS) is 36.6. The van der Waals surface area contributed by atoms with Gasteiger partial charge in [-0.3, -0.25) is 0 Å². The molecule has 2 aliphatic rings. The molecule has 82 valence electrons. The second-order valence-electron chi connectivity index (χ2n) is 6.34. The summed E-state index contributed by atoms with van der Waals surface area (Å²) in [4.78, 5) is 0. The molecule has 1 nitrogen and oxygen atoms in total. The number of epoxide rings is 1. The van der Waals surface area contributed by atoms with E-state index in [9.17, 15) is 0 Å². The van der Waals surface area contributed by atoms with Crippen molar-refractivity contribution in [3.63, 3.8) is 0 Å². The zero-order valence-corrected chi connectivity index (χ0v) is 9.88. The molecule has 1 aliphatic carbocycles. The van der Waals surface area contributed by atoms with Gasteiger partial charge in [0.05, 0.1) is 12.2 Å². The van der Waals surface area contributed by atoms with Gasteiger partial charge in [0, 0.05) is 0 Å². The minimum Gasteiger partial charge on any atom is -0.370 e. The molecule has 0 spiro atoms. The summed E-state index contributed by atoms with van der Waals surface area (Å²) in [6.45, 7) is 7.02. The monoisotopic (exact) mass is 196 g/mol. The van der Waals surface area contributed by atoms with Gasteiger partial charge in [0.15, 0.2) is 0 Å². The largest absolute Gasteiger partial charge is 0.370 e. The van der Waals surface area contributed by atoms with Crippen LogP contribution in [0.25, 0.3) is 0 Å². The van der Waals surface area contributed by atoms with Gasteiger partial charge in [-0.15, -0.1) is 0 Å². The summed E-state index contributed by atoms with van der Waals surface area (Å²) in [5, 5.41) is 0. The van der Waals surface area contributed by atoms with E-state index < -0.39 is 0 Å². The van der Waals surface area contributed by atoms with Gasteiger partial charge >= 0.3 is 0 Å². The second-order valence-corrected chi connectivity index (χ2v) is 6.34. The maximum atomic E-state index is 5.56. The van der Waals surface area contributed by atoms with E-state index >= 15 is 0 Å². The van der Waals surface area contributed by atoms with Gasteiger partial charge in [-0.05, 0) is 37.0 Å². The molecule has 1 aliphatic heterocycles. The molecule has 0 radical (unpaired) electrons. The van der Waals surface area contributed by atoms with Crippen LogP contribution in [0, 0.1) is 11.3 Å². The van der Waals surface area contributed by atoms with Crippen LogP contribution in [0.1, 0.15) is 59.3 Å². The van der Waals surface area contributed by atoms with Gasteiger partial charge in [-0.25, -0.2) is 0 Å². The Hall–Kier alpha value is -0.0400. The van der Waals surface area contributed by atoms with Crippen molar-refractivity contribution in [2.45, 2.75) is 71.5 Å². The van der Waals surface area contributed by atoms with Crippen LogP contribution in [0.5, 0.6) is 0 Å². The SMILES string of the molecule is CC(C)(C)CCCC1CCC2OC2C1. The van der Waals surface area contributed by atoms with Crippen LogP contribution < -0.4 is 0 Å². The summed E-state index contributed by atoms with van der Waals surface area (Å²) in [6, 6.07) is 0. The number of hydrogen-bond donors (Lipinski definition) is 0. The average Bonchev–Trinajstić information content (AvgIpc) is 2.79. The summed E-state index contributed by atoms with van der Waals surface area (Å²) >= 11 is 0. The fraction of sp³-hybridized carbons (Fsp3) is 1.00. The van der Waals surface area contributed by atoms with Crippen molar-refractivity contribution in [3.8, 4) is 0 Å². The van der Waals surface area contributed by atoms with Crippen molar-refractivity contribution in [1.29, 1.82) is 0 Å². The highest BCUT2D eigenvalue weighted by Gasteiger charge is 2.43. The molecule has 0 aromatic heterocycles. The molecule has 0 bridgehead atoms. The molecule has 14 heavy (non-hydrogen) atoms. The standard InChI is InChI=1S/C13H24O/c1-13(2,3)8-4-5-10-6-7-11-12(9-10)14-11/h10-12H,4-9H2,1-3H3. The van der Waals surface area contributed by atoms with Gasteiger partial charge in [-0.1, -0.05) is 33.6 Å². The maximum absolute atomic E-state index is 5.56. The van der Waals surface area contributed by atoms with E-state index in [4.69, 9.17) is 4.74 Å². The van der Waals surface area contributed by atoms with Crippen LogP contribution in [0.4, 0.5) is 0 Å². The molecule has 2 rings (SSSR count). The van der Waals surface area contributed by atoms with Crippen LogP contribution in [0.2, 0.25) is 0 Å². The minimum atomic E-state index is 0.521. The molecule has 1 saturated heterocycles. The third kappa shape index (κ3) is 2.98. The van der Waals surface area contributed by atoms with E-state index in [0.29, 0.717) is 17.6 Å². The van der Waals surface area contributed by atoms with Gasteiger partial charge in [0.25, 0.3) is 0 Å². The first-order valence-corrected chi connectivity index (χ1v) is 6.20. The molecule has 1 heteroatoms. The van der Waals surface area contributed by atoms with Crippen LogP contribution in [0.15, 0.2) is 0 Å². The lowest BCUT2D eigenvalue weighted by Gasteiger charge is -2.22. The average molecular weight is 196 g/mol. The Morgan fingerprint density at radius 2 is 1.93 bits per heavy atom. The molecule has 1 saturated carbocycles. The number of ether oxygens (including phenoxy) is 1. The van der Waals surface area contributed by atoms with Gasteiger partial charge in [0.1, 0.15) is 0 Å². The Balaban J connectivity index is 1.61. The van der Waals surface area contributed by atoms with Gasteiger partial charge in [0.2, 0.25) is 0 Å². The first kappa shape index (κ1) is 10.5. The van der Waals surface area contributed by atoms with E-state index in [1.54, 1.807) is 0 Å². The van der Waals surface area contributed by atoms with Crippen molar-refractivity contribution in [1.82, 2.24) is 0 Å². The molecule has 3 atom stereocenters. The summed E-state index contributed by atoms with van der Waals surface area (Å²) in [5.74, 6) is 0.973. The smallest absolute Gasteiger partial charge is 0.0844 e. The summed E-state index contributed by atoms with van der Waals surface area (Å²) in [6.07, 6.45) is 9.68. The summed E-state index contributed by atoms with van der Waals surface area (Å²) in [7, 11) is 0. The van der Waals surface area contributed by atoms with E-state index in [1.165, 1.54) is 38.5 Å². The molecule has 1 heterocycles. The molecule has 2 fully saturated rings. The Morgan fingerprint density at radius 1 is 1.14 bits per heavy atom. The number of fused-ring (bicyclic) bond motifs is 1. The van der Waals surface area contributed by atoms with Crippen molar-refractivity contribution in [3.05, 3.63) is 0 Å². The topological polar surface area (TPSA) is 12.5 Å². The number of hydrogen-bond acceptors (Lipinski definition) is 1. The van der Waals surface area contributed by atoms with E-state index in [2.05, 4.69) is 20.8 Å². The van der Waals surface area contributed by atoms with E-state index in [1.807, 2.05) is 0 Å². The summed E-state index contributed by atoms with van der Waals surface area (Å²) in [5.41, 5.74) is 0.521. The molecule has 3 unspecified atom stereocenters. The highest BCUT2D eigenvalue weighted by atomic mass is 16.6. The fourth-order valence-corrected chi connectivity index (χ4v) is 2.67. The quantitative estimate of drug-likeness (QED) is 0.626. The molecule has 0 N–H and O–H groups in total. The first-order valence-electron chi connectivity index (χ1n) is 6.20. The van der Waals surface area contributed by atoms with Crippen molar-refractivity contribution in [2.75, 3.05) is 0 Å². The third-order valence-corrected chi connectivity index (χ3v) is 3.65. The zero-order valence-electron chi connectivity index (χ0n) is 9.88. The lowest BCUT2D eigenvalue weighted by Crippen LogP contribution is -2.14. The van der Waals surface area contributed by atoms with Crippen molar-refractivity contribution in [2.24, 2.45) is 11.3 Å². The fourth-order valence-electron chi connectivity index (χ4n) is 2.67. The molecule has 0 amide bonds. The Morgan fingerprint density at radius 3 is 2.57 bits per heavy atom. The van der Waals surface area contributed by atoms with Gasteiger partial charge < -0.3 is 4.74 Å². The highest BCUT2D eigenvalue weighted by Crippen LogP contribution is 2.41. The van der Waals surface area contributed by atoms with Crippen LogP contribution in [0.3, 0.4) is 0 Å². The minimum absolute atomic E-state index is 0.521. The van der Waals surface area contributed by atoms with Crippen LogP contribution in [-0.2, 0) is 4.74 Å². The van der Waals surface area contributed by atoms with Crippen molar-refractivity contribution >= 4 is 0 Å². The zero-order chi connectivity index (χ0) is 10.2.